The van der Waals surface area contributed by atoms with E-state index in [2.05, 4.69) is 4.57 Å². The van der Waals surface area contributed by atoms with Crippen molar-refractivity contribution in [2.24, 2.45) is 0 Å². The summed E-state index contributed by atoms with van der Waals surface area (Å²) >= 11 is 0.976. The molecule has 130 valence electrons. The van der Waals surface area contributed by atoms with E-state index in [1.807, 2.05) is 51.1 Å². The number of aromatic nitrogens is 1. The molecule has 3 rings (SSSR count). The minimum absolute atomic E-state index is 0.239. The Balaban J connectivity index is 1.96. The number of carbonyl (C=O) groups is 2. The predicted molar refractivity (Wildman–Crippen MR) is 100 cm³/mol. The number of likely N-dealkylation sites (N-methyl/N-ethyl adjacent to an activating group) is 1. The van der Waals surface area contributed by atoms with Crippen LogP contribution in [0.3, 0.4) is 0 Å². The van der Waals surface area contributed by atoms with Crippen LogP contribution in [-0.4, -0.2) is 34.3 Å². The molecule has 2 heterocycles. The summed E-state index contributed by atoms with van der Waals surface area (Å²) in [5.74, 6) is 0.589. The maximum absolute atomic E-state index is 12.1. The molecule has 0 saturated carbocycles. The summed E-state index contributed by atoms with van der Waals surface area (Å²) in [4.78, 5) is 25.3. The molecule has 0 atom stereocenters. The molecule has 0 radical (unpaired) electrons. The van der Waals surface area contributed by atoms with Crippen molar-refractivity contribution >= 4 is 29.0 Å². The maximum Gasteiger partial charge on any atom is 0.293 e. The molecule has 0 N–H and O–H groups in total. The Kier molecular flexibility index (Phi) is 4.72. The van der Waals surface area contributed by atoms with Crippen LogP contribution in [0.5, 0.6) is 5.75 Å². The average Bonchev–Trinajstić information content (AvgIpc) is 3.00. The zero-order valence-corrected chi connectivity index (χ0v) is 15.5. The van der Waals surface area contributed by atoms with Gasteiger partial charge in [0, 0.05) is 24.1 Å². The van der Waals surface area contributed by atoms with Gasteiger partial charge in [-0.25, -0.2) is 0 Å². The van der Waals surface area contributed by atoms with Crippen molar-refractivity contribution in [1.82, 2.24) is 9.47 Å². The van der Waals surface area contributed by atoms with Crippen molar-refractivity contribution in [3.63, 3.8) is 0 Å². The monoisotopic (exact) mass is 356 g/mol. The average molecular weight is 356 g/mol. The van der Waals surface area contributed by atoms with Crippen LogP contribution >= 0.6 is 11.8 Å². The van der Waals surface area contributed by atoms with Crippen molar-refractivity contribution < 1.29 is 14.3 Å². The maximum atomic E-state index is 12.1. The third-order valence-electron chi connectivity index (χ3n) is 4.15. The highest BCUT2D eigenvalue weighted by atomic mass is 32.2. The summed E-state index contributed by atoms with van der Waals surface area (Å²) in [6.45, 7) is 6.62. The molecule has 0 bridgehead atoms. The Hall–Kier alpha value is -2.47. The van der Waals surface area contributed by atoms with E-state index in [9.17, 15) is 9.59 Å². The van der Waals surface area contributed by atoms with Crippen molar-refractivity contribution in [3.05, 3.63) is 52.2 Å². The zero-order valence-electron chi connectivity index (χ0n) is 14.7. The van der Waals surface area contributed by atoms with Crippen LogP contribution in [0.1, 0.15) is 23.9 Å². The Morgan fingerprint density at radius 2 is 1.84 bits per heavy atom. The lowest BCUT2D eigenvalue weighted by Gasteiger charge is -2.11. The molecular weight excluding hydrogens is 336 g/mol. The zero-order chi connectivity index (χ0) is 18.1. The van der Waals surface area contributed by atoms with Gasteiger partial charge in [0.15, 0.2) is 0 Å². The van der Waals surface area contributed by atoms with E-state index in [1.54, 1.807) is 6.08 Å². The van der Waals surface area contributed by atoms with Crippen molar-refractivity contribution in [2.75, 3.05) is 13.7 Å². The van der Waals surface area contributed by atoms with Gasteiger partial charge in [0.05, 0.1) is 11.5 Å². The van der Waals surface area contributed by atoms with E-state index >= 15 is 0 Å². The second kappa shape index (κ2) is 6.80. The SMILES string of the molecule is CCOc1ccc(-n2c(C)cc(/C=C3\SC(=O)N(C)C3=O)c2C)cc1. The summed E-state index contributed by atoms with van der Waals surface area (Å²) in [6, 6.07) is 9.93. The lowest BCUT2D eigenvalue weighted by atomic mass is 10.2. The van der Waals surface area contributed by atoms with Crippen LogP contribution in [0.25, 0.3) is 11.8 Å². The molecule has 1 aromatic carbocycles. The number of thioether (sulfide) groups is 1. The number of imide groups is 1. The first kappa shape index (κ1) is 17.4. The number of hydrogen-bond acceptors (Lipinski definition) is 4. The highest BCUT2D eigenvalue weighted by molar-refractivity contribution is 8.18. The van der Waals surface area contributed by atoms with Crippen LogP contribution in [0.2, 0.25) is 0 Å². The Labute approximate surface area is 151 Å². The van der Waals surface area contributed by atoms with E-state index in [-0.39, 0.29) is 11.1 Å². The van der Waals surface area contributed by atoms with E-state index < -0.39 is 0 Å². The fourth-order valence-electron chi connectivity index (χ4n) is 2.88. The van der Waals surface area contributed by atoms with Gasteiger partial charge in [-0.3, -0.25) is 14.5 Å². The Morgan fingerprint density at radius 1 is 1.16 bits per heavy atom. The Morgan fingerprint density at radius 3 is 2.40 bits per heavy atom. The lowest BCUT2D eigenvalue weighted by Crippen LogP contribution is -2.22. The first-order valence-electron chi connectivity index (χ1n) is 8.06. The van der Waals surface area contributed by atoms with Crippen LogP contribution in [0.4, 0.5) is 4.79 Å². The third kappa shape index (κ3) is 3.22. The molecular formula is C19H20N2O3S. The minimum atomic E-state index is -0.249. The number of aryl methyl sites for hydroxylation is 1. The molecule has 0 aliphatic carbocycles. The van der Waals surface area contributed by atoms with Crippen molar-refractivity contribution in [1.29, 1.82) is 0 Å². The van der Waals surface area contributed by atoms with Crippen molar-refractivity contribution in [2.45, 2.75) is 20.8 Å². The van der Waals surface area contributed by atoms with E-state index in [4.69, 9.17) is 4.74 Å². The van der Waals surface area contributed by atoms with E-state index in [1.165, 1.54) is 7.05 Å². The fraction of sp³-hybridized carbons (Fsp3) is 0.263. The Bertz CT molecular complexity index is 866. The van der Waals surface area contributed by atoms with Gasteiger partial charge in [-0.1, -0.05) is 0 Å². The van der Waals surface area contributed by atoms with Gasteiger partial charge in [0.25, 0.3) is 11.1 Å². The standard InChI is InChI=1S/C19H20N2O3S/c1-5-24-16-8-6-15(7-9-16)21-12(2)10-14(13(21)3)11-17-18(22)20(4)19(23)25-17/h6-11H,5H2,1-4H3/b17-11-. The lowest BCUT2D eigenvalue weighted by molar-refractivity contribution is -0.121. The van der Waals surface area contributed by atoms with Gasteiger partial charge in [-0.05, 0) is 74.5 Å². The largest absolute Gasteiger partial charge is 0.494 e. The molecule has 2 amide bonds. The molecule has 1 aliphatic rings. The molecule has 1 fully saturated rings. The molecule has 0 unspecified atom stereocenters. The summed E-state index contributed by atoms with van der Waals surface area (Å²) in [7, 11) is 1.50. The number of carbonyl (C=O) groups excluding carboxylic acids is 2. The van der Waals surface area contributed by atoms with Crippen LogP contribution < -0.4 is 4.74 Å². The highest BCUT2D eigenvalue weighted by Gasteiger charge is 2.32. The van der Waals surface area contributed by atoms with E-state index in [0.29, 0.717) is 11.5 Å². The van der Waals surface area contributed by atoms with Gasteiger partial charge in [-0.15, -0.1) is 0 Å². The van der Waals surface area contributed by atoms with Gasteiger partial charge < -0.3 is 9.30 Å². The second-order valence-corrected chi connectivity index (χ2v) is 6.82. The molecule has 5 nitrogen and oxygen atoms in total. The predicted octanol–water partition coefficient (Wildman–Crippen LogP) is 4.16. The molecule has 25 heavy (non-hydrogen) atoms. The summed E-state index contributed by atoms with van der Waals surface area (Å²) in [5, 5.41) is -0.239. The molecule has 2 aromatic rings. The number of hydrogen-bond donors (Lipinski definition) is 0. The van der Waals surface area contributed by atoms with Crippen LogP contribution in [0, 0.1) is 13.8 Å². The second-order valence-electron chi connectivity index (χ2n) is 5.83. The molecule has 6 heteroatoms. The number of amides is 2. The van der Waals surface area contributed by atoms with E-state index in [0.717, 1.165) is 45.1 Å². The molecule has 1 saturated heterocycles. The molecule has 1 aromatic heterocycles. The minimum Gasteiger partial charge on any atom is -0.494 e. The first-order chi connectivity index (χ1) is 11.9. The van der Waals surface area contributed by atoms with Crippen LogP contribution in [-0.2, 0) is 4.79 Å². The van der Waals surface area contributed by atoms with Crippen molar-refractivity contribution in [3.8, 4) is 11.4 Å². The summed E-state index contributed by atoms with van der Waals surface area (Å²) in [6.07, 6.45) is 1.79. The van der Waals surface area contributed by atoms with Gasteiger partial charge >= 0.3 is 0 Å². The van der Waals surface area contributed by atoms with Crippen LogP contribution in [0.15, 0.2) is 35.2 Å². The first-order valence-corrected chi connectivity index (χ1v) is 8.87. The highest BCUT2D eigenvalue weighted by Crippen LogP contribution is 2.32. The number of nitrogens with zero attached hydrogens (tertiary/aromatic N) is 2. The smallest absolute Gasteiger partial charge is 0.293 e. The summed E-state index contributed by atoms with van der Waals surface area (Å²) in [5.41, 5.74) is 4.04. The number of benzene rings is 1. The number of rotatable bonds is 4. The third-order valence-corrected chi connectivity index (χ3v) is 5.11. The molecule has 0 spiro atoms. The van der Waals surface area contributed by atoms with Gasteiger partial charge in [-0.2, -0.15) is 0 Å². The molecule has 1 aliphatic heterocycles. The van der Waals surface area contributed by atoms with Gasteiger partial charge in [0.1, 0.15) is 5.75 Å². The fourth-order valence-corrected chi connectivity index (χ4v) is 3.69. The quantitative estimate of drug-likeness (QED) is 0.772. The number of ether oxygens (including phenoxy) is 1. The normalized spacial score (nSPS) is 16.2. The van der Waals surface area contributed by atoms with Gasteiger partial charge in [0.2, 0.25) is 0 Å². The topological polar surface area (TPSA) is 51.5 Å². The summed E-state index contributed by atoms with van der Waals surface area (Å²) < 4.78 is 7.61.